The van der Waals surface area contributed by atoms with E-state index in [0.29, 0.717) is 21.5 Å². The number of carboxylic acids is 1. The van der Waals surface area contributed by atoms with Crippen LogP contribution < -0.4 is 14.8 Å². The fourth-order valence-electron chi connectivity index (χ4n) is 2.89. The third-order valence-electron chi connectivity index (χ3n) is 4.23. The van der Waals surface area contributed by atoms with Crippen LogP contribution in [0.4, 0.5) is 9.18 Å². The maximum Gasteiger partial charge on any atom is 0.341 e. The lowest BCUT2D eigenvalue weighted by molar-refractivity contribution is -0.139. The van der Waals surface area contributed by atoms with Crippen molar-refractivity contribution in [3.8, 4) is 11.5 Å². The number of imide groups is 1. The molecule has 3 rings (SSSR count). The number of rotatable bonds is 8. The summed E-state index contributed by atoms with van der Waals surface area (Å²) in [6, 6.07) is 8.50. The molecule has 1 heterocycles. The summed E-state index contributed by atoms with van der Waals surface area (Å²) in [6.07, 6.45) is 1.47. The van der Waals surface area contributed by atoms with E-state index in [9.17, 15) is 18.8 Å². The molecule has 31 heavy (non-hydrogen) atoms. The summed E-state index contributed by atoms with van der Waals surface area (Å²) in [5.41, 5.74) is 0.783. The van der Waals surface area contributed by atoms with Gasteiger partial charge in [-0.15, -0.1) is 0 Å². The number of hydrogen-bond acceptors (Lipinski definition) is 5. The lowest BCUT2D eigenvalue weighted by Crippen LogP contribution is -2.30. The molecule has 1 saturated heterocycles. The van der Waals surface area contributed by atoms with Crippen LogP contribution in [0.3, 0.4) is 0 Å². The Morgan fingerprint density at radius 1 is 1.26 bits per heavy atom. The number of hydrogen-bond donors (Lipinski definition) is 2. The minimum Gasteiger partial charge on any atom is -0.490 e. The second-order valence-electron chi connectivity index (χ2n) is 6.42. The van der Waals surface area contributed by atoms with Crippen LogP contribution in [-0.4, -0.2) is 41.1 Å². The van der Waals surface area contributed by atoms with E-state index in [1.54, 1.807) is 25.1 Å². The average molecular weight is 540 g/mol. The Labute approximate surface area is 190 Å². The molecule has 0 saturated carbocycles. The summed E-state index contributed by atoms with van der Waals surface area (Å²) in [4.78, 5) is 36.7. The molecular weight excluding hydrogens is 522 g/mol. The van der Waals surface area contributed by atoms with Crippen molar-refractivity contribution in [2.24, 2.45) is 0 Å². The van der Waals surface area contributed by atoms with Crippen molar-refractivity contribution >= 4 is 46.6 Å². The van der Waals surface area contributed by atoms with Crippen molar-refractivity contribution in [1.29, 1.82) is 0 Å². The monoisotopic (exact) mass is 540 g/mol. The summed E-state index contributed by atoms with van der Waals surface area (Å²) in [5.74, 6) is -1.64. The van der Waals surface area contributed by atoms with Crippen LogP contribution in [0.2, 0.25) is 0 Å². The van der Waals surface area contributed by atoms with Crippen LogP contribution in [0.15, 0.2) is 42.1 Å². The summed E-state index contributed by atoms with van der Waals surface area (Å²) in [7, 11) is 0. The first-order valence-electron chi connectivity index (χ1n) is 9.19. The zero-order valence-electron chi connectivity index (χ0n) is 16.4. The van der Waals surface area contributed by atoms with E-state index in [0.717, 1.165) is 4.90 Å². The molecule has 1 aliphatic rings. The summed E-state index contributed by atoms with van der Waals surface area (Å²) >= 11 is 1.97. The number of halogens is 2. The first kappa shape index (κ1) is 22.5. The highest BCUT2D eigenvalue weighted by atomic mass is 127. The zero-order chi connectivity index (χ0) is 22.5. The quantitative estimate of drug-likeness (QED) is 0.302. The predicted octanol–water partition coefficient (Wildman–Crippen LogP) is 3.39. The number of amides is 3. The minimum atomic E-state index is -1.13. The molecule has 1 fully saturated rings. The Balaban J connectivity index is 1.87. The number of carboxylic acid groups (broad SMARTS) is 1. The molecule has 0 aliphatic carbocycles. The average Bonchev–Trinajstić information content (AvgIpc) is 2.96. The van der Waals surface area contributed by atoms with Gasteiger partial charge in [-0.25, -0.2) is 14.0 Å². The minimum absolute atomic E-state index is 0.0267. The van der Waals surface area contributed by atoms with Gasteiger partial charge in [0, 0.05) is 5.56 Å². The second kappa shape index (κ2) is 9.77. The molecule has 0 radical (unpaired) electrons. The number of nitrogens with one attached hydrogen (secondary N) is 1. The third kappa shape index (κ3) is 5.32. The van der Waals surface area contributed by atoms with Crippen molar-refractivity contribution < 1.29 is 33.4 Å². The standard InChI is InChI=1S/C21H18FIN2O6/c1-2-30-17-9-12(7-15(23)19(17)31-11-18(26)27)8-16-20(28)25(21(29)24-16)10-13-5-3-4-6-14(13)22/h3-9H,2,10-11H2,1H3,(H,24,29)(H,26,27). The molecule has 3 amide bonds. The Kier molecular flexibility index (Phi) is 7.10. The molecule has 2 aromatic carbocycles. The van der Waals surface area contributed by atoms with Gasteiger partial charge in [0.25, 0.3) is 5.91 Å². The van der Waals surface area contributed by atoms with E-state index in [2.05, 4.69) is 5.32 Å². The van der Waals surface area contributed by atoms with Crippen LogP contribution in [0, 0.1) is 9.39 Å². The molecule has 162 valence electrons. The number of urea groups is 1. The SMILES string of the molecule is CCOc1cc(C=C2NC(=O)N(Cc3ccccc3F)C2=O)cc(I)c1OCC(=O)O. The fourth-order valence-corrected chi connectivity index (χ4v) is 3.67. The first-order valence-corrected chi connectivity index (χ1v) is 10.3. The topological polar surface area (TPSA) is 105 Å². The number of ether oxygens (including phenoxy) is 2. The maximum atomic E-state index is 13.9. The molecule has 8 nitrogen and oxygen atoms in total. The van der Waals surface area contributed by atoms with Crippen molar-refractivity contribution in [2.75, 3.05) is 13.2 Å². The highest BCUT2D eigenvalue weighted by molar-refractivity contribution is 14.1. The highest BCUT2D eigenvalue weighted by Gasteiger charge is 2.34. The van der Waals surface area contributed by atoms with Crippen LogP contribution in [0.5, 0.6) is 11.5 Å². The Morgan fingerprint density at radius 2 is 2.00 bits per heavy atom. The normalized spacial score (nSPS) is 14.7. The van der Waals surface area contributed by atoms with Gasteiger partial charge in [-0.1, -0.05) is 18.2 Å². The largest absolute Gasteiger partial charge is 0.490 e. The van der Waals surface area contributed by atoms with Crippen LogP contribution in [-0.2, 0) is 16.1 Å². The number of benzene rings is 2. The lowest BCUT2D eigenvalue weighted by atomic mass is 10.1. The van der Waals surface area contributed by atoms with Gasteiger partial charge >= 0.3 is 12.0 Å². The van der Waals surface area contributed by atoms with Gasteiger partial charge in [0.05, 0.1) is 16.7 Å². The van der Waals surface area contributed by atoms with Crippen molar-refractivity contribution in [1.82, 2.24) is 10.2 Å². The van der Waals surface area contributed by atoms with E-state index in [-0.39, 0.29) is 23.6 Å². The van der Waals surface area contributed by atoms with Crippen molar-refractivity contribution in [2.45, 2.75) is 13.5 Å². The van der Waals surface area contributed by atoms with Crippen molar-refractivity contribution in [3.05, 3.63) is 62.6 Å². The molecular formula is C21H18FIN2O6. The Bertz CT molecular complexity index is 1070. The van der Waals surface area contributed by atoms with Gasteiger partial charge in [-0.3, -0.25) is 9.69 Å². The van der Waals surface area contributed by atoms with Gasteiger partial charge in [-0.2, -0.15) is 0 Å². The molecule has 1 aliphatic heterocycles. The number of aliphatic carboxylic acids is 1. The third-order valence-corrected chi connectivity index (χ3v) is 5.03. The fraction of sp³-hybridized carbons (Fsp3) is 0.190. The van der Waals surface area contributed by atoms with E-state index in [1.807, 2.05) is 22.6 Å². The molecule has 0 unspecified atom stereocenters. The zero-order valence-corrected chi connectivity index (χ0v) is 18.5. The van der Waals surface area contributed by atoms with E-state index >= 15 is 0 Å². The molecule has 0 bridgehead atoms. The van der Waals surface area contributed by atoms with E-state index in [4.69, 9.17) is 14.6 Å². The molecule has 0 atom stereocenters. The first-order chi connectivity index (χ1) is 14.8. The van der Waals surface area contributed by atoms with Gasteiger partial charge < -0.3 is 19.9 Å². The Morgan fingerprint density at radius 3 is 2.68 bits per heavy atom. The molecule has 0 aromatic heterocycles. The molecule has 0 spiro atoms. The van der Waals surface area contributed by atoms with E-state index in [1.165, 1.54) is 24.3 Å². The van der Waals surface area contributed by atoms with Gasteiger partial charge in [0.2, 0.25) is 0 Å². The summed E-state index contributed by atoms with van der Waals surface area (Å²) < 4.78 is 25.3. The van der Waals surface area contributed by atoms with Crippen molar-refractivity contribution in [3.63, 3.8) is 0 Å². The smallest absolute Gasteiger partial charge is 0.341 e. The Hall–Kier alpha value is -3.15. The summed E-state index contributed by atoms with van der Waals surface area (Å²) in [6.45, 7) is 1.35. The summed E-state index contributed by atoms with van der Waals surface area (Å²) in [5, 5.41) is 11.3. The van der Waals surface area contributed by atoms with E-state index < -0.39 is 30.3 Å². The molecule has 2 aromatic rings. The van der Waals surface area contributed by atoms with Gasteiger partial charge in [0.1, 0.15) is 11.5 Å². The highest BCUT2D eigenvalue weighted by Crippen LogP contribution is 2.35. The number of nitrogens with zero attached hydrogens (tertiary/aromatic N) is 1. The van der Waals surface area contributed by atoms with Gasteiger partial charge in [-0.05, 0) is 59.4 Å². The lowest BCUT2D eigenvalue weighted by Gasteiger charge is -2.14. The van der Waals surface area contributed by atoms with Gasteiger partial charge in [0.15, 0.2) is 18.1 Å². The predicted molar refractivity (Wildman–Crippen MR) is 117 cm³/mol. The van der Waals surface area contributed by atoms with Crippen LogP contribution >= 0.6 is 22.6 Å². The number of carbonyl (C=O) groups is 3. The van der Waals surface area contributed by atoms with Crippen LogP contribution in [0.25, 0.3) is 6.08 Å². The number of carbonyl (C=O) groups excluding carboxylic acids is 2. The van der Waals surface area contributed by atoms with Crippen LogP contribution in [0.1, 0.15) is 18.1 Å². The maximum absolute atomic E-state index is 13.9. The second-order valence-corrected chi connectivity index (χ2v) is 7.58. The molecule has 10 heteroatoms. The molecule has 2 N–H and O–H groups in total.